The van der Waals surface area contributed by atoms with E-state index in [9.17, 15) is 0 Å². The van der Waals surface area contributed by atoms with Crippen LogP contribution in [-0.2, 0) is 0 Å². The van der Waals surface area contributed by atoms with Crippen LogP contribution in [-0.4, -0.2) is 23.3 Å². The minimum atomic E-state index is 0.669. The minimum absolute atomic E-state index is 0.669. The van der Waals surface area contributed by atoms with Gasteiger partial charge >= 0.3 is 0 Å². The molecule has 0 spiro atoms. The number of hydrogen-bond acceptors (Lipinski definition) is 5. The van der Waals surface area contributed by atoms with Crippen molar-refractivity contribution in [3.63, 3.8) is 0 Å². The normalized spacial score (nSPS) is 10.2. The Morgan fingerprint density at radius 3 is 2.94 bits per heavy atom. The summed E-state index contributed by atoms with van der Waals surface area (Å²) < 4.78 is 5.46. The number of hydrogen-bond donors (Lipinski definition) is 1. The highest BCUT2D eigenvalue weighted by Crippen LogP contribution is 2.28. The summed E-state index contributed by atoms with van der Waals surface area (Å²) in [5.74, 6) is 0.866. The summed E-state index contributed by atoms with van der Waals surface area (Å²) in [7, 11) is 0. The molecular formula is C12H15N3OS. The van der Waals surface area contributed by atoms with E-state index < -0.39 is 0 Å². The predicted molar refractivity (Wildman–Crippen MR) is 70.7 cm³/mol. The van der Waals surface area contributed by atoms with Crippen molar-refractivity contribution < 1.29 is 4.74 Å². The highest BCUT2D eigenvalue weighted by molar-refractivity contribution is 7.18. The smallest absolute Gasteiger partial charge is 0.205 e. The Labute approximate surface area is 105 Å². The zero-order valence-electron chi connectivity index (χ0n) is 9.93. The number of rotatable bonds is 5. The maximum Gasteiger partial charge on any atom is 0.205 e. The fourth-order valence-corrected chi connectivity index (χ4v) is 2.26. The Bertz CT molecular complexity index is 484. The molecule has 0 atom stereocenters. The highest BCUT2D eigenvalue weighted by Gasteiger charge is 2.06. The zero-order chi connectivity index (χ0) is 12.1. The number of ether oxygens (including phenoxy) is 1. The second kappa shape index (κ2) is 5.63. The summed E-state index contributed by atoms with van der Waals surface area (Å²) in [6, 6.07) is 7.91. The lowest BCUT2D eigenvalue weighted by molar-refractivity contribution is 0.340. The molecule has 0 amide bonds. The van der Waals surface area contributed by atoms with Crippen LogP contribution >= 0.6 is 11.3 Å². The van der Waals surface area contributed by atoms with Gasteiger partial charge in [-0.05, 0) is 26.0 Å². The van der Waals surface area contributed by atoms with Gasteiger partial charge < -0.3 is 10.1 Å². The van der Waals surface area contributed by atoms with Crippen LogP contribution in [0.15, 0.2) is 24.3 Å². The summed E-state index contributed by atoms with van der Waals surface area (Å²) in [6.07, 6.45) is 0. The molecular weight excluding hydrogens is 234 g/mol. The second-order valence-corrected chi connectivity index (χ2v) is 4.38. The van der Waals surface area contributed by atoms with E-state index in [4.69, 9.17) is 4.74 Å². The Kier molecular flexibility index (Phi) is 3.93. The van der Waals surface area contributed by atoms with E-state index in [1.807, 2.05) is 38.1 Å². The molecule has 0 fully saturated rings. The zero-order valence-corrected chi connectivity index (χ0v) is 10.8. The predicted octanol–water partition coefficient (Wildman–Crippen LogP) is 3.04. The lowest BCUT2D eigenvalue weighted by Gasteiger charge is -2.03. The van der Waals surface area contributed by atoms with Crippen LogP contribution in [0.5, 0.6) is 5.75 Å². The van der Waals surface area contributed by atoms with Crippen molar-refractivity contribution in [2.45, 2.75) is 13.8 Å². The van der Waals surface area contributed by atoms with Crippen molar-refractivity contribution in [1.82, 2.24) is 10.2 Å². The van der Waals surface area contributed by atoms with Gasteiger partial charge in [0.05, 0.1) is 6.61 Å². The van der Waals surface area contributed by atoms with Crippen molar-refractivity contribution in [3.05, 3.63) is 24.3 Å². The minimum Gasteiger partial charge on any atom is -0.494 e. The molecule has 4 nitrogen and oxygen atoms in total. The fourth-order valence-electron chi connectivity index (χ4n) is 1.45. The van der Waals surface area contributed by atoms with Gasteiger partial charge in [-0.1, -0.05) is 23.5 Å². The van der Waals surface area contributed by atoms with Crippen molar-refractivity contribution in [3.8, 4) is 16.3 Å². The molecule has 90 valence electrons. The Morgan fingerprint density at radius 2 is 2.18 bits per heavy atom. The third-order valence-electron chi connectivity index (χ3n) is 2.14. The van der Waals surface area contributed by atoms with E-state index in [-0.39, 0.29) is 0 Å². The fraction of sp³-hybridized carbons (Fsp3) is 0.333. The standard InChI is InChI=1S/C12H15N3OS/c1-3-13-12-15-14-11(17-12)9-6-5-7-10(8-9)16-4-2/h5-8H,3-4H2,1-2H3,(H,13,15). The molecule has 0 aliphatic rings. The first kappa shape index (κ1) is 11.9. The monoisotopic (exact) mass is 249 g/mol. The van der Waals surface area contributed by atoms with Crippen LogP contribution in [0.4, 0.5) is 5.13 Å². The number of nitrogens with one attached hydrogen (secondary N) is 1. The van der Waals surface area contributed by atoms with Crippen molar-refractivity contribution >= 4 is 16.5 Å². The Hall–Kier alpha value is -1.62. The maximum absolute atomic E-state index is 5.46. The first-order valence-corrected chi connectivity index (χ1v) is 6.45. The maximum atomic E-state index is 5.46. The molecule has 1 aromatic heterocycles. The van der Waals surface area contributed by atoms with Gasteiger partial charge in [-0.25, -0.2) is 0 Å². The molecule has 2 aromatic rings. The van der Waals surface area contributed by atoms with Crippen LogP contribution in [0.1, 0.15) is 13.8 Å². The van der Waals surface area contributed by atoms with Gasteiger partial charge in [0.1, 0.15) is 10.8 Å². The van der Waals surface area contributed by atoms with Gasteiger partial charge in [-0.2, -0.15) is 0 Å². The lowest BCUT2D eigenvalue weighted by Crippen LogP contribution is -1.94. The Balaban J connectivity index is 2.22. The van der Waals surface area contributed by atoms with Crippen molar-refractivity contribution in [2.75, 3.05) is 18.5 Å². The summed E-state index contributed by atoms with van der Waals surface area (Å²) in [5.41, 5.74) is 1.04. The molecule has 1 aromatic carbocycles. The van der Waals surface area contributed by atoms with Crippen LogP contribution in [0.25, 0.3) is 10.6 Å². The number of nitrogens with zero attached hydrogens (tertiary/aromatic N) is 2. The average molecular weight is 249 g/mol. The van der Waals surface area contributed by atoms with E-state index >= 15 is 0 Å². The van der Waals surface area contributed by atoms with E-state index in [1.165, 1.54) is 0 Å². The largest absolute Gasteiger partial charge is 0.494 e. The van der Waals surface area contributed by atoms with E-state index in [0.717, 1.165) is 28.0 Å². The first-order chi connectivity index (χ1) is 8.33. The van der Waals surface area contributed by atoms with Gasteiger partial charge in [0.2, 0.25) is 5.13 Å². The van der Waals surface area contributed by atoms with E-state index in [0.29, 0.717) is 6.61 Å². The SMILES string of the molecule is CCNc1nnc(-c2cccc(OCC)c2)s1. The Morgan fingerprint density at radius 1 is 1.29 bits per heavy atom. The van der Waals surface area contributed by atoms with Crippen molar-refractivity contribution in [1.29, 1.82) is 0 Å². The van der Waals surface area contributed by atoms with Gasteiger partial charge in [-0.15, -0.1) is 10.2 Å². The topological polar surface area (TPSA) is 47.0 Å². The third-order valence-corrected chi connectivity index (χ3v) is 3.08. The van der Waals surface area contributed by atoms with Crippen LogP contribution in [0.2, 0.25) is 0 Å². The molecule has 1 N–H and O–H groups in total. The van der Waals surface area contributed by atoms with Crippen molar-refractivity contribution in [2.24, 2.45) is 0 Å². The lowest BCUT2D eigenvalue weighted by atomic mass is 10.2. The molecule has 0 radical (unpaired) electrons. The number of anilines is 1. The molecule has 0 aliphatic carbocycles. The second-order valence-electron chi connectivity index (χ2n) is 3.40. The molecule has 0 aliphatic heterocycles. The van der Waals surface area contributed by atoms with Gasteiger partial charge in [0.15, 0.2) is 0 Å². The van der Waals surface area contributed by atoms with E-state index in [2.05, 4.69) is 15.5 Å². The van der Waals surface area contributed by atoms with Gasteiger partial charge in [0, 0.05) is 12.1 Å². The molecule has 0 bridgehead atoms. The quantitative estimate of drug-likeness (QED) is 0.884. The van der Waals surface area contributed by atoms with Crippen LogP contribution in [0, 0.1) is 0 Å². The number of benzene rings is 1. The number of aromatic nitrogens is 2. The molecule has 2 rings (SSSR count). The molecule has 0 saturated carbocycles. The average Bonchev–Trinajstić information content (AvgIpc) is 2.79. The highest BCUT2D eigenvalue weighted by atomic mass is 32.1. The summed E-state index contributed by atoms with van der Waals surface area (Å²) in [4.78, 5) is 0. The third kappa shape index (κ3) is 2.94. The van der Waals surface area contributed by atoms with Crippen LogP contribution < -0.4 is 10.1 Å². The van der Waals surface area contributed by atoms with Crippen LogP contribution in [0.3, 0.4) is 0 Å². The van der Waals surface area contributed by atoms with Gasteiger partial charge in [-0.3, -0.25) is 0 Å². The summed E-state index contributed by atoms with van der Waals surface area (Å²) in [5, 5.41) is 13.1. The summed E-state index contributed by atoms with van der Waals surface area (Å²) in [6.45, 7) is 5.54. The molecule has 17 heavy (non-hydrogen) atoms. The molecule has 5 heteroatoms. The summed E-state index contributed by atoms with van der Waals surface area (Å²) >= 11 is 1.55. The first-order valence-electron chi connectivity index (χ1n) is 5.64. The van der Waals surface area contributed by atoms with Gasteiger partial charge in [0.25, 0.3) is 0 Å². The molecule has 0 unspecified atom stereocenters. The van der Waals surface area contributed by atoms with E-state index in [1.54, 1.807) is 11.3 Å². The molecule has 0 saturated heterocycles. The molecule has 1 heterocycles.